The maximum absolute atomic E-state index is 12.0. The summed E-state index contributed by atoms with van der Waals surface area (Å²) in [4.78, 5) is 24.9. The number of ether oxygens (including phenoxy) is 1. The number of nitro groups is 1. The molecule has 38 heavy (non-hydrogen) atoms. The number of benzene rings is 2. The third-order valence-corrected chi connectivity index (χ3v) is 7.04. The number of fused-ring (bicyclic) bond motifs is 3. The minimum Gasteiger partial charge on any atom is -0.494 e. The highest BCUT2D eigenvalue weighted by Crippen LogP contribution is 2.40. The molecule has 0 saturated carbocycles. The summed E-state index contributed by atoms with van der Waals surface area (Å²) in [5.41, 5.74) is 5.37. The summed E-state index contributed by atoms with van der Waals surface area (Å²) < 4.78 is 8.00. The first-order valence-electron chi connectivity index (χ1n) is 12.8. The number of nitro benzene ring substituents is 1. The van der Waals surface area contributed by atoms with E-state index in [1.165, 1.54) is 22.7 Å². The van der Waals surface area contributed by atoms with Crippen molar-refractivity contribution in [3.63, 3.8) is 0 Å². The van der Waals surface area contributed by atoms with Crippen LogP contribution in [0.2, 0.25) is 0 Å². The van der Waals surface area contributed by atoms with Crippen molar-refractivity contribution in [3.8, 4) is 17.0 Å². The van der Waals surface area contributed by atoms with Gasteiger partial charge in [0, 0.05) is 60.6 Å². The molecule has 3 heterocycles. The number of hydrogen-bond donors (Lipinski definition) is 1. The average molecular weight is 516 g/mol. The molecule has 198 valence electrons. The lowest BCUT2D eigenvalue weighted by atomic mass is 10.1. The Hall–Kier alpha value is -4.18. The van der Waals surface area contributed by atoms with Crippen molar-refractivity contribution in [2.24, 2.45) is 0 Å². The zero-order chi connectivity index (χ0) is 26.8. The second-order valence-electron chi connectivity index (χ2n) is 9.86. The summed E-state index contributed by atoms with van der Waals surface area (Å²) in [7, 11) is 7.43. The van der Waals surface area contributed by atoms with Gasteiger partial charge >= 0.3 is 0 Å². The highest BCUT2D eigenvalue weighted by atomic mass is 16.6. The number of rotatable bonds is 10. The molecule has 2 aromatic carbocycles. The maximum atomic E-state index is 12.0. The molecule has 4 aromatic rings. The van der Waals surface area contributed by atoms with Gasteiger partial charge in [-0.2, -0.15) is 0 Å². The third kappa shape index (κ3) is 4.87. The van der Waals surface area contributed by atoms with E-state index >= 15 is 0 Å². The van der Waals surface area contributed by atoms with Gasteiger partial charge < -0.3 is 24.4 Å². The predicted molar refractivity (Wildman–Crippen MR) is 151 cm³/mol. The third-order valence-electron chi connectivity index (χ3n) is 7.04. The van der Waals surface area contributed by atoms with Crippen LogP contribution in [-0.2, 0) is 13.0 Å². The van der Waals surface area contributed by atoms with Crippen molar-refractivity contribution in [2.45, 2.75) is 25.8 Å². The van der Waals surface area contributed by atoms with Crippen LogP contribution in [0, 0.1) is 10.1 Å². The first-order chi connectivity index (χ1) is 18.4. The van der Waals surface area contributed by atoms with Crippen LogP contribution >= 0.6 is 0 Å². The van der Waals surface area contributed by atoms with E-state index < -0.39 is 0 Å². The Balaban J connectivity index is 1.48. The number of aromatic nitrogens is 3. The molecule has 0 bridgehead atoms. The fraction of sp³-hybridized carbons (Fsp3) is 0.357. The minimum atomic E-state index is -0.365. The highest BCUT2D eigenvalue weighted by Gasteiger charge is 2.24. The Labute approximate surface area is 222 Å². The average Bonchev–Trinajstić information content (AvgIpc) is 3.49. The second-order valence-corrected chi connectivity index (χ2v) is 9.86. The standard InChI is InChI=1S/C28H33N7O3/c1-32(2)14-8-15-33(3)24-18-26(38-4)21(17-25(24)35(36)37)31-28-29-13-12-20(30-28)27-19-9-5-6-10-22(19)34-16-7-11-23(27)34/h5-6,9-10,12-13,17-18H,7-8,11,14-16H2,1-4H3,(H,29,30,31). The number of nitrogens with one attached hydrogen (secondary N) is 1. The predicted octanol–water partition coefficient (Wildman–Crippen LogP) is 5.09. The molecule has 0 aliphatic carbocycles. The molecule has 5 rings (SSSR count). The zero-order valence-corrected chi connectivity index (χ0v) is 22.3. The van der Waals surface area contributed by atoms with Crippen LogP contribution in [-0.4, -0.2) is 65.7 Å². The summed E-state index contributed by atoms with van der Waals surface area (Å²) in [6, 6.07) is 13.5. The van der Waals surface area contributed by atoms with Crippen molar-refractivity contribution < 1.29 is 9.66 Å². The SMILES string of the molecule is COc1cc(N(C)CCCN(C)C)c([N+](=O)[O-])cc1Nc1nccc(-c2c3n(c4ccccc24)CCC3)n1. The Kier molecular flexibility index (Phi) is 7.15. The van der Waals surface area contributed by atoms with Gasteiger partial charge in [0.25, 0.3) is 5.69 Å². The van der Waals surface area contributed by atoms with Gasteiger partial charge in [-0.15, -0.1) is 0 Å². The van der Waals surface area contributed by atoms with Crippen LogP contribution in [0.5, 0.6) is 5.75 Å². The quantitative estimate of drug-likeness (QED) is 0.230. The van der Waals surface area contributed by atoms with E-state index in [-0.39, 0.29) is 10.6 Å². The van der Waals surface area contributed by atoms with Crippen molar-refractivity contribution in [3.05, 3.63) is 64.5 Å². The normalized spacial score (nSPS) is 12.7. The van der Waals surface area contributed by atoms with Gasteiger partial charge in [-0.3, -0.25) is 10.1 Å². The van der Waals surface area contributed by atoms with Gasteiger partial charge in [-0.25, -0.2) is 9.97 Å². The fourth-order valence-electron chi connectivity index (χ4n) is 5.26. The Bertz CT molecular complexity index is 1480. The van der Waals surface area contributed by atoms with Gasteiger partial charge in [0.2, 0.25) is 5.95 Å². The van der Waals surface area contributed by atoms with E-state index in [1.807, 2.05) is 38.2 Å². The van der Waals surface area contributed by atoms with Crippen LogP contribution in [0.25, 0.3) is 22.2 Å². The molecule has 0 spiro atoms. The first kappa shape index (κ1) is 25.5. The number of aryl methyl sites for hydroxylation is 1. The van der Waals surface area contributed by atoms with Crippen LogP contribution in [0.4, 0.5) is 23.0 Å². The van der Waals surface area contributed by atoms with E-state index in [1.54, 1.807) is 19.4 Å². The number of anilines is 3. The van der Waals surface area contributed by atoms with Crippen LogP contribution in [0.1, 0.15) is 18.5 Å². The summed E-state index contributed by atoms with van der Waals surface area (Å²) >= 11 is 0. The summed E-state index contributed by atoms with van der Waals surface area (Å²) in [5.74, 6) is 0.832. The van der Waals surface area contributed by atoms with Crippen LogP contribution in [0.3, 0.4) is 0 Å². The Morgan fingerprint density at radius 3 is 2.74 bits per heavy atom. The highest BCUT2D eigenvalue weighted by molar-refractivity contribution is 5.97. The number of nitrogens with zero attached hydrogens (tertiary/aromatic N) is 6. The first-order valence-corrected chi connectivity index (χ1v) is 12.8. The van der Waals surface area contributed by atoms with Crippen LogP contribution < -0.4 is 15.0 Å². The molecule has 1 aliphatic heterocycles. The van der Waals surface area contributed by atoms with Gasteiger partial charge in [-0.1, -0.05) is 18.2 Å². The Morgan fingerprint density at radius 1 is 1.16 bits per heavy atom. The second kappa shape index (κ2) is 10.7. The van der Waals surface area contributed by atoms with E-state index in [9.17, 15) is 10.1 Å². The molecular formula is C28H33N7O3. The van der Waals surface area contributed by atoms with E-state index in [0.717, 1.165) is 43.6 Å². The van der Waals surface area contributed by atoms with E-state index in [2.05, 4.69) is 38.0 Å². The van der Waals surface area contributed by atoms with Crippen molar-refractivity contribution in [1.82, 2.24) is 19.4 Å². The number of hydrogen-bond acceptors (Lipinski definition) is 8. The van der Waals surface area contributed by atoms with Crippen molar-refractivity contribution in [2.75, 3.05) is 51.6 Å². The molecular weight excluding hydrogens is 482 g/mol. The smallest absolute Gasteiger partial charge is 0.294 e. The molecule has 0 atom stereocenters. The molecule has 2 aromatic heterocycles. The molecule has 0 fully saturated rings. The van der Waals surface area contributed by atoms with Crippen LogP contribution in [0.15, 0.2) is 48.7 Å². The summed E-state index contributed by atoms with van der Waals surface area (Å²) in [6.45, 7) is 2.57. The topological polar surface area (TPSA) is 102 Å². The zero-order valence-electron chi connectivity index (χ0n) is 22.3. The van der Waals surface area contributed by atoms with Crippen molar-refractivity contribution in [1.29, 1.82) is 0 Å². The molecule has 0 radical (unpaired) electrons. The molecule has 0 saturated heterocycles. The molecule has 1 N–H and O–H groups in total. The number of methoxy groups -OCH3 is 1. The van der Waals surface area contributed by atoms with Gasteiger partial charge in [0.15, 0.2) is 0 Å². The van der Waals surface area contributed by atoms with E-state index in [0.29, 0.717) is 29.6 Å². The lowest BCUT2D eigenvalue weighted by Crippen LogP contribution is -2.24. The molecule has 1 aliphatic rings. The van der Waals surface area contributed by atoms with Crippen molar-refractivity contribution >= 4 is 33.9 Å². The largest absolute Gasteiger partial charge is 0.494 e. The lowest BCUT2D eigenvalue weighted by Gasteiger charge is -2.22. The lowest BCUT2D eigenvalue weighted by molar-refractivity contribution is -0.384. The minimum absolute atomic E-state index is 0.00643. The molecule has 10 heteroatoms. The van der Waals surface area contributed by atoms with Gasteiger partial charge in [0.1, 0.15) is 11.4 Å². The maximum Gasteiger partial charge on any atom is 0.294 e. The summed E-state index contributed by atoms with van der Waals surface area (Å²) in [5, 5.41) is 16.4. The molecule has 0 unspecified atom stereocenters. The molecule has 10 nitrogen and oxygen atoms in total. The van der Waals surface area contributed by atoms with E-state index in [4.69, 9.17) is 9.72 Å². The molecule has 0 amide bonds. The Morgan fingerprint density at radius 2 is 1.97 bits per heavy atom. The van der Waals surface area contributed by atoms with Gasteiger partial charge in [0.05, 0.1) is 23.4 Å². The monoisotopic (exact) mass is 515 g/mol. The van der Waals surface area contributed by atoms with Gasteiger partial charge in [-0.05, 0) is 52.0 Å². The summed E-state index contributed by atoms with van der Waals surface area (Å²) in [6.07, 6.45) is 4.70. The number of para-hydroxylation sites is 1. The fourth-order valence-corrected chi connectivity index (χ4v) is 5.26.